The zero-order valence-corrected chi connectivity index (χ0v) is 13.2. The van der Waals surface area contributed by atoms with Crippen LogP contribution in [0.3, 0.4) is 0 Å². The number of rotatable bonds is 3. The van der Waals surface area contributed by atoms with Crippen LogP contribution >= 0.6 is 15.9 Å². The largest absolute Gasteiger partial charge is 0.493 e. The van der Waals surface area contributed by atoms with E-state index in [0.29, 0.717) is 30.1 Å². The smallest absolute Gasteiger partial charge is 0.273 e. The standard InChI is InChI=1S/C15H19BrN2O2/c1-2-20-14-8-13(17-9-12(14)16)15(19)18-10-4-3-5-11(18)7-6-10/h8-11H,2-7H2,1H3. The van der Waals surface area contributed by atoms with Crippen molar-refractivity contribution in [1.29, 1.82) is 0 Å². The molecule has 3 heterocycles. The van der Waals surface area contributed by atoms with E-state index in [1.807, 2.05) is 6.92 Å². The monoisotopic (exact) mass is 338 g/mol. The van der Waals surface area contributed by atoms with Crippen LogP contribution in [0.2, 0.25) is 0 Å². The lowest BCUT2D eigenvalue weighted by atomic mass is 10.0. The molecule has 2 aliphatic rings. The van der Waals surface area contributed by atoms with Gasteiger partial charge < -0.3 is 9.64 Å². The number of pyridine rings is 1. The van der Waals surface area contributed by atoms with Gasteiger partial charge in [-0.3, -0.25) is 4.79 Å². The van der Waals surface area contributed by atoms with E-state index in [0.717, 1.165) is 30.2 Å². The van der Waals surface area contributed by atoms with Crippen LogP contribution in [0.15, 0.2) is 16.7 Å². The first-order valence-electron chi connectivity index (χ1n) is 7.31. The fourth-order valence-electron chi connectivity index (χ4n) is 3.38. The summed E-state index contributed by atoms with van der Waals surface area (Å²) in [6.45, 7) is 2.50. The molecule has 20 heavy (non-hydrogen) atoms. The highest BCUT2D eigenvalue weighted by Gasteiger charge is 2.40. The molecule has 4 nitrogen and oxygen atoms in total. The molecule has 5 heteroatoms. The van der Waals surface area contributed by atoms with Crippen molar-refractivity contribution in [3.8, 4) is 5.75 Å². The van der Waals surface area contributed by atoms with Crippen LogP contribution in [0.25, 0.3) is 0 Å². The number of carbonyl (C=O) groups is 1. The van der Waals surface area contributed by atoms with Crippen molar-refractivity contribution in [3.63, 3.8) is 0 Å². The zero-order chi connectivity index (χ0) is 14.1. The maximum atomic E-state index is 12.7. The SMILES string of the molecule is CCOc1cc(C(=O)N2C3CCCC2CC3)ncc1Br. The number of amides is 1. The Morgan fingerprint density at radius 2 is 2.10 bits per heavy atom. The Balaban J connectivity index is 1.85. The molecule has 108 valence electrons. The Labute approximate surface area is 127 Å². The van der Waals surface area contributed by atoms with Crippen molar-refractivity contribution in [2.45, 2.75) is 51.1 Å². The summed E-state index contributed by atoms with van der Waals surface area (Å²) in [7, 11) is 0. The summed E-state index contributed by atoms with van der Waals surface area (Å²) in [5.74, 6) is 0.751. The van der Waals surface area contributed by atoms with E-state index in [4.69, 9.17) is 4.74 Å². The van der Waals surface area contributed by atoms with Gasteiger partial charge in [0.25, 0.3) is 5.91 Å². The summed E-state index contributed by atoms with van der Waals surface area (Å²) in [6, 6.07) is 2.59. The number of hydrogen-bond donors (Lipinski definition) is 0. The van der Waals surface area contributed by atoms with E-state index < -0.39 is 0 Å². The van der Waals surface area contributed by atoms with Crippen molar-refractivity contribution < 1.29 is 9.53 Å². The molecule has 0 radical (unpaired) electrons. The highest BCUT2D eigenvalue weighted by molar-refractivity contribution is 9.10. The van der Waals surface area contributed by atoms with Gasteiger partial charge in [-0.1, -0.05) is 0 Å². The molecule has 2 saturated heterocycles. The zero-order valence-electron chi connectivity index (χ0n) is 11.6. The third-order valence-corrected chi connectivity index (χ3v) is 4.86. The Morgan fingerprint density at radius 1 is 1.40 bits per heavy atom. The van der Waals surface area contributed by atoms with Gasteiger partial charge in [-0.25, -0.2) is 4.98 Å². The predicted molar refractivity (Wildman–Crippen MR) is 79.9 cm³/mol. The van der Waals surface area contributed by atoms with Crippen molar-refractivity contribution >= 4 is 21.8 Å². The van der Waals surface area contributed by atoms with Gasteiger partial charge in [-0.2, -0.15) is 0 Å². The van der Waals surface area contributed by atoms with Crippen molar-refractivity contribution in [3.05, 3.63) is 22.4 Å². The summed E-state index contributed by atoms with van der Waals surface area (Å²) < 4.78 is 6.32. The molecule has 0 spiro atoms. The molecule has 3 rings (SSSR count). The summed E-state index contributed by atoms with van der Waals surface area (Å²) in [5.41, 5.74) is 0.496. The molecule has 1 aromatic rings. The van der Waals surface area contributed by atoms with Crippen LogP contribution in [0.1, 0.15) is 49.5 Å². The van der Waals surface area contributed by atoms with E-state index in [1.54, 1.807) is 12.3 Å². The van der Waals surface area contributed by atoms with Gasteiger partial charge in [0, 0.05) is 24.3 Å². The molecule has 2 unspecified atom stereocenters. The summed E-state index contributed by atoms with van der Waals surface area (Å²) in [4.78, 5) is 19.1. The van der Waals surface area contributed by atoms with Gasteiger partial charge in [-0.15, -0.1) is 0 Å². The second-order valence-corrected chi connectivity index (χ2v) is 6.32. The van der Waals surface area contributed by atoms with Crippen LogP contribution in [-0.4, -0.2) is 34.5 Å². The molecule has 0 aromatic carbocycles. The molecule has 2 atom stereocenters. The van der Waals surface area contributed by atoms with E-state index in [9.17, 15) is 4.79 Å². The Morgan fingerprint density at radius 3 is 2.75 bits per heavy atom. The number of piperidine rings is 1. The van der Waals surface area contributed by atoms with Crippen molar-refractivity contribution in [2.75, 3.05) is 6.61 Å². The summed E-state index contributed by atoms with van der Waals surface area (Å²) in [5, 5.41) is 0. The molecular weight excluding hydrogens is 320 g/mol. The Kier molecular flexibility index (Phi) is 3.96. The van der Waals surface area contributed by atoms with Gasteiger partial charge in [0.1, 0.15) is 11.4 Å². The third kappa shape index (κ3) is 2.43. The molecule has 1 amide bonds. The van der Waals surface area contributed by atoms with Gasteiger partial charge in [0.05, 0.1) is 11.1 Å². The first-order chi connectivity index (χ1) is 9.70. The van der Waals surface area contributed by atoms with Gasteiger partial charge in [0.2, 0.25) is 0 Å². The number of hydrogen-bond acceptors (Lipinski definition) is 3. The lowest BCUT2D eigenvalue weighted by Crippen LogP contribution is -2.44. The molecule has 0 aliphatic carbocycles. The Hall–Kier alpha value is -1.10. The first kappa shape index (κ1) is 13.9. The molecule has 2 bridgehead atoms. The number of halogens is 1. The van der Waals surface area contributed by atoms with E-state index in [2.05, 4.69) is 25.8 Å². The van der Waals surface area contributed by atoms with E-state index >= 15 is 0 Å². The maximum Gasteiger partial charge on any atom is 0.273 e. The second-order valence-electron chi connectivity index (χ2n) is 5.46. The maximum absolute atomic E-state index is 12.7. The predicted octanol–water partition coefficient (Wildman–Crippen LogP) is 3.40. The number of fused-ring (bicyclic) bond motifs is 2. The minimum absolute atomic E-state index is 0.0608. The third-order valence-electron chi connectivity index (χ3n) is 4.27. The van der Waals surface area contributed by atoms with E-state index in [-0.39, 0.29) is 5.91 Å². The second kappa shape index (κ2) is 5.72. The van der Waals surface area contributed by atoms with Crippen LogP contribution < -0.4 is 4.74 Å². The molecular formula is C15H19BrN2O2. The minimum atomic E-state index is 0.0608. The Bertz CT molecular complexity index is 505. The molecule has 0 N–H and O–H groups in total. The number of aromatic nitrogens is 1. The van der Waals surface area contributed by atoms with Crippen LogP contribution in [-0.2, 0) is 0 Å². The lowest BCUT2D eigenvalue weighted by molar-refractivity contribution is 0.0588. The number of carbonyl (C=O) groups excluding carboxylic acids is 1. The van der Waals surface area contributed by atoms with Gasteiger partial charge in [-0.05, 0) is 55.0 Å². The average molecular weight is 339 g/mol. The van der Waals surface area contributed by atoms with Crippen molar-refractivity contribution in [2.24, 2.45) is 0 Å². The van der Waals surface area contributed by atoms with Crippen LogP contribution in [0.5, 0.6) is 5.75 Å². The highest BCUT2D eigenvalue weighted by atomic mass is 79.9. The lowest BCUT2D eigenvalue weighted by Gasteiger charge is -2.34. The number of nitrogens with zero attached hydrogens (tertiary/aromatic N) is 2. The summed E-state index contributed by atoms with van der Waals surface area (Å²) in [6.07, 6.45) is 7.46. The molecule has 2 aliphatic heterocycles. The van der Waals surface area contributed by atoms with Gasteiger partial charge in [0.15, 0.2) is 0 Å². The van der Waals surface area contributed by atoms with Crippen LogP contribution in [0, 0.1) is 0 Å². The minimum Gasteiger partial charge on any atom is -0.493 e. The van der Waals surface area contributed by atoms with E-state index in [1.165, 1.54) is 6.42 Å². The van der Waals surface area contributed by atoms with Crippen molar-refractivity contribution in [1.82, 2.24) is 9.88 Å². The first-order valence-corrected chi connectivity index (χ1v) is 8.11. The molecule has 2 fully saturated rings. The fraction of sp³-hybridized carbons (Fsp3) is 0.600. The molecule has 0 saturated carbocycles. The quantitative estimate of drug-likeness (QED) is 0.848. The average Bonchev–Trinajstić information content (AvgIpc) is 2.70. The highest BCUT2D eigenvalue weighted by Crippen LogP contribution is 2.36. The van der Waals surface area contributed by atoms with Gasteiger partial charge >= 0.3 is 0 Å². The van der Waals surface area contributed by atoms with Crippen LogP contribution in [0.4, 0.5) is 0 Å². The number of ether oxygens (including phenoxy) is 1. The fourth-order valence-corrected chi connectivity index (χ4v) is 3.72. The normalized spacial score (nSPS) is 24.8. The topological polar surface area (TPSA) is 42.4 Å². The summed E-state index contributed by atoms with van der Waals surface area (Å²) >= 11 is 3.40. The molecule has 1 aromatic heterocycles.